The lowest BCUT2D eigenvalue weighted by Gasteiger charge is -2.57. The zero-order chi connectivity index (χ0) is 24.0. The van der Waals surface area contributed by atoms with Crippen molar-refractivity contribution >= 4 is 11.8 Å². The Kier molecular flexibility index (Phi) is 6.79. The van der Waals surface area contributed by atoms with E-state index in [1.807, 2.05) is 6.07 Å². The number of rotatable bonds is 4. The lowest BCUT2D eigenvalue weighted by molar-refractivity contribution is -0.0626. The Morgan fingerprint density at radius 2 is 1.34 bits per heavy atom. The molecular formula is C26H42N4O2. The van der Waals surface area contributed by atoms with Crippen LogP contribution in [-0.2, 0) is 0 Å². The molecule has 6 nitrogen and oxygen atoms in total. The van der Waals surface area contributed by atoms with E-state index in [0.29, 0.717) is 23.0 Å². The fraction of sp³-hybridized carbons (Fsp3) is 0.692. The van der Waals surface area contributed by atoms with Crippen molar-refractivity contribution in [2.45, 2.75) is 77.5 Å². The molecule has 4 unspecified atom stereocenters. The number of piperidine rings is 2. The van der Waals surface area contributed by atoms with Gasteiger partial charge in [-0.25, -0.2) is 0 Å². The van der Waals surface area contributed by atoms with Crippen molar-refractivity contribution in [1.82, 2.24) is 14.7 Å². The normalized spacial score (nSPS) is 30.6. The quantitative estimate of drug-likeness (QED) is 0.775. The van der Waals surface area contributed by atoms with Gasteiger partial charge in [0, 0.05) is 47.4 Å². The number of likely N-dealkylation sites (tertiary alicyclic amines) is 2. The average molecular weight is 443 g/mol. The molecule has 2 aliphatic rings. The van der Waals surface area contributed by atoms with Gasteiger partial charge in [-0.3, -0.25) is 9.59 Å². The second-order valence-corrected chi connectivity index (χ2v) is 11.1. The molecule has 0 aromatic heterocycles. The SMILES string of the molecule is CC1C(N(C(=O)c2cccc(C(N)=O)c2)C2CCN(C)C(C)(C)C2C)CCN(C)C1(C)C. The first kappa shape index (κ1) is 24.7. The molecule has 32 heavy (non-hydrogen) atoms. The van der Waals surface area contributed by atoms with E-state index in [1.54, 1.807) is 18.2 Å². The lowest BCUT2D eigenvalue weighted by Crippen LogP contribution is -2.67. The lowest BCUT2D eigenvalue weighted by atomic mass is 9.72. The third-order valence-electron chi connectivity index (χ3n) is 9.21. The first-order valence-electron chi connectivity index (χ1n) is 11.9. The van der Waals surface area contributed by atoms with Gasteiger partial charge in [0.05, 0.1) is 0 Å². The van der Waals surface area contributed by atoms with E-state index in [2.05, 4.69) is 70.3 Å². The molecule has 6 heteroatoms. The number of nitrogens with two attached hydrogens (primary N) is 1. The maximum Gasteiger partial charge on any atom is 0.254 e. The van der Waals surface area contributed by atoms with Crippen LogP contribution in [0.1, 0.15) is 75.1 Å². The van der Waals surface area contributed by atoms with Gasteiger partial charge in [0.1, 0.15) is 0 Å². The van der Waals surface area contributed by atoms with Gasteiger partial charge in [0.25, 0.3) is 5.91 Å². The van der Waals surface area contributed by atoms with E-state index in [4.69, 9.17) is 5.73 Å². The molecule has 1 aromatic rings. The van der Waals surface area contributed by atoms with E-state index in [9.17, 15) is 9.59 Å². The molecule has 2 heterocycles. The molecule has 1 aromatic carbocycles. The summed E-state index contributed by atoms with van der Waals surface area (Å²) in [5, 5.41) is 0. The second-order valence-electron chi connectivity index (χ2n) is 11.1. The van der Waals surface area contributed by atoms with Gasteiger partial charge in [-0.05, 0) is 84.7 Å². The van der Waals surface area contributed by atoms with Crippen LogP contribution in [0.25, 0.3) is 0 Å². The van der Waals surface area contributed by atoms with E-state index in [0.717, 1.165) is 25.9 Å². The standard InChI is InChI=1S/C26H42N4O2/c1-17-21(12-14-28(7)25(17,3)4)30(22-13-15-29(8)26(5,6)18(22)2)24(32)20-11-9-10-19(16-20)23(27)31/h9-11,16-18,21-22H,12-15H2,1-8H3,(H2,27,31). The van der Waals surface area contributed by atoms with Crippen molar-refractivity contribution in [3.63, 3.8) is 0 Å². The number of hydrogen-bond acceptors (Lipinski definition) is 4. The monoisotopic (exact) mass is 442 g/mol. The van der Waals surface area contributed by atoms with Crippen LogP contribution in [0.5, 0.6) is 0 Å². The van der Waals surface area contributed by atoms with Gasteiger partial charge in [0.2, 0.25) is 5.91 Å². The Morgan fingerprint density at radius 1 is 0.906 bits per heavy atom. The van der Waals surface area contributed by atoms with Gasteiger partial charge in [-0.15, -0.1) is 0 Å². The highest BCUT2D eigenvalue weighted by molar-refractivity contribution is 5.99. The molecule has 0 spiro atoms. The minimum atomic E-state index is -0.506. The number of amides is 2. The number of carbonyl (C=O) groups is 2. The van der Waals surface area contributed by atoms with Gasteiger partial charge < -0.3 is 20.4 Å². The van der Waals surface area contributed by atoms with Crippen LogP contribution in [0.15, 0.2) is 24.3 Å². The third-order valence-corrected chi connectivity index (χ3v) is 9.21. The van der Waals surface area contributed by atoms with Crippen molar-refractivity contribution in [1.29, 1.82) is 0 Å². The van der Waals surface area contributed by atoms with Crippen molar-refractivity contribution in [3.05, 3.63) is 35.4 Å². The maximum atomic E-state index is 14.1. The van der Waals surface area contributed by atoms with Crippen molar-refractivity contribution in [3.8, 4) is 0 Å². The highest BCUT2D eigenvalue weighted by atomic mass is 16.2. The molecule has 3 rings (SSSR count). The Hall–Kier alpha value is -1.92. The molecule has 2 fully saturated rings. The fourth-order valence-electron chi connectivity index (χ4n) is 5.63. The fourth-order valence-corrected chi connectivity index (χ4v) is 5.63. The van der Waals surface area contributed by atoms with Crippen molar-refractivity contribution < 1.29 is 9.59 Å². The molecular weight excluding hydrogens is 400 g/mol. The van der Waals surface area contributed by atoms with Crippen LogP contribution >= 0.6 is 0 Å². The summed E-state index contributed by atoms with van der Waals surface area (Å²) in [6, 6.07) is 7.18. The highest BCUT2D eigenvalue weighted by Gasteiger charge is 2.49. The molecule has 2 amide bonds. The minimum Gasteiger partial charge on any atom is -0.366 e. The molecule has 2 aliphatic heterocycles. The number of carbonyl (C=O) groups excluding carboxylic acids is 2. The molecule has 0 saturated carbocycles. The summed E-state index contributed by atoms with van der Waals surface area (Å²) in [4.78, 5) is 32.9. The maximum absolute atomic E-state index is 14.1. The molecule has 2 saturated heterocycles. The summed E-state index contributed by atoms with van der Waals surface area (Å²) in [5.74, 6) is 0.121. The van der Waals surface area contributed by atoms with E-state index in [1.165, 1.54) is 0 Å². The number of hydrogen-bond donors (Lipinski definition) is 1. The summed E-state index contributed by atoms with van der Waals surface area (Å²) in [6.07, 6.45) is 1.89. The largest absolute Gasteiger partial charge is 0.366 e. The predicted octanol–water partition coefficient (Wildman–Crippen LogP) is 3.47. The van der Waals surface area contributed by atoms with Gasteiger partial charge >= 0.3 is 0 Å². The highest BCUT2D eigenvalue weighted by Crippen LogP contribution is 2.41. The Bertz CT molecular complexity index is 829. The molecule has 2 N–H and O–H groups in total. The molecule has 178 valence electrons. The number of primary amides is 1. The van der Waals surface area contributed by atoms with Crippen LogP contribution in [0.4, 0.5) is 0 Å². The Labute approximate surface area is 194 Å². The number of nitrogens with zero attached hydrogens (tertiary/aromatic N) is 3. The number of benzene rings is 1. The van der Waals surface area contributed by atoms with Crippen LogP contribution in [0.3, 0.4) is 0 Å². The molecule has 0 aliphatic carbocycles. The molecule has 4 atom stereocenters. The van der Waals surface area contributed by atoms with Crippen molar-refractivity contribution in [2.24, 2.45) is 17.6 Å². The summed E-state index contributed by atoms with van der Waals surface area (Å²) in [7, 11) is 4.35. The van der Waals surface area contributed by atoms with Gasteiger partial charge in [-0.1, -0.05) is 19.9 Å². The second kappa shape index (κ2) is 8.79. The average Bonchev–Trinajstić information content (AvgIpc) is 2.74. The van der Waals surface area contributed by atoms with Gasteiger partial charge in [-0.2, -0.15) is 0 Å². The summed E-state index contributed by atoms with van der Waals surface area (Å²) >= 11 is 0. The van der Waals surface area contributed by atoms with Crippen LogP contribution in [0.2, 0.25) is 0 Å². The predicted molar refractivity (Wildman–Crippen MR) is 130 cm³/mol. The van der Waals surface area contributed by atoms with Crippen LogP contribution in [-0.4, -0.2) is 76.9 Å². The zero-order valence-electron chi connectivity index (χ0n) is 21.2. The van der Waals surface area contributed by atoms with E-state index >= 15 is 0 Å². The van der Waals surface area contributed by atoms with Crippen LogP contribution in [0, 0.1) is 11.8 Å². The third kappa shape index (κ3) is 4.19. The summed E-state index contributed by atoms with van der Waals surface area (Å²) in [5.41, 5.74) is 6.42. The topological polar surface area (TPSA) is 69.9 Å². The summed E-state index contributed by atoms with van der Waals surface area (Å²) < 4.78 is 0. The Balaban J connectivity index is 2.07. The van der Waals surface area contributed by atoms with Crippen molar-refractivity contribution in [2.75, 3.05) is 27.2 Å². The van der Waals surface area contributed by atoms with E-state index in [-0.39, 0.29) is 29.1 Å². The molecule has 0 radical (unpaired) electrons. The first-order valence-corrected chi connectivity index (χ1v) is 11.9. The Morgan fingerprint density at radius 3 is 1.78 bits per heavy atom. The smallest absolute Gasteiger partial charge is 0.254 e. The zero-order valence-corrected chi connectivity index (χ0v) is 21.2. The summed E-state index contributed by atoms with van der Waals surface area (Å²) in [6.45, 7) is 15.6. The van der Waals surface area contributed by atoms with Gasteiger partial charge in [0.15, 0.2) is 0 Å². The van der Waals surface area contributed by atoms with E-state index < -0.39 is 5.91 Å². The van der Waals surface area contributed by atoms with Crippen LogP contribution < -0.4 is 5.73 Å². The first-order chi connectivity index (χ1) is 14.8. The minimum absolute atomic E-state index is 0.0132. The molecule has 0 bridgehead atoms.